The summed E-state index contributed by atoms with van der Waals surface area (Å²) in [6.07, 6.45) is 0. The number of aromatic nitrogens is 2. The largest absolute Gasteiger partial charge is 0.497 e. The molecule has 2 heterocycles. The number of benzene rings is 1. The van der Waals surface area contributed by atoms with Crippen LogP contribution in [0.25, 0.3) is 10.6 Å². The van der Waals surface area contributed by atoms with Crippen LogP contribution in [0.1, 0.15) is 30.0 Å². The molecule has 3 aromatic rings. The number of oxazole rings is 1. The van der Waals surface area contributed by atoms with Gasteiger partial charge in [-0.3, -0.25) is 0 Å². The van der Waals surface area contributed by atoms with Crippen molar-refractivity contribution in [3.8, 4) is 16.3 Å². The van der Waals surface area contributed by atoms with E-state index in [1.807, 2.05) is 50.4 Å². The highest BCUT2D eigenvalue weighted by Gasteiger charge is 2.08. The lowest BCUT2D eigenvalue weighted by molar-refractivity contribution is 0.415. The van der Waals surface area contributed by atoms with Crippen LogP contribution in [0, 0.1) is 13.8 Å². The molecule has 0 amide bonds. The number of ether oxygens (including phenoxy) is 1. The summed E-state index contributed by atoms with van der Waals surface area (Å²) >= 11 is 1.61. The summed E-state index contributed by atoms with van der Waals surface area (Å²) in [4.78, 5) is 13.7. The van der Waals surface area contributed by atoms with Gasteiger partial charge in [-0.2, -0.15) is 0 Å². The van der Waals surface area contributed by atoms with Crippen molar-refractivity contribution in [3.05, 3.63) is 52.7 Å². The first-order chi connectivity index (χ1) is 13.6. The summed E-state index contributed by atoms with van der Waals surface area (Å²) in [5.41, 5.74) is 2.91. The number of thiazole rings is 1. The van der Waals surface area contributed by atoms with Gasteiger partial charge >= 0.3 is 0 Å². The second-order valence-corrected chi connectivity index (χ2v) is 7.03. The Bertz CT molecular complexity index is 911. The van der Waals surface area contributed by atoms with Crippen molar-refractivity contribution in [1.82, 2.24) is 20.6 Å². The Hall–Kier alpha value is -2.87. The number of hydrogen-bond acceptors (Lipinski definition) is 6. The van der Waals surface area contributed by atoms with E-state index in [4.69, 9.17) is 9.15 Å². The van der Waals surface area contributed by atoms with Crippen LogP contribution in [-0.2, 0) is 13.1 Å². The van der Waals surface area contributed by atoms with E-state index in [1.165, 1.54) is 0 Å². The number of methoxy groups -OCH3 is 1. The number of aliphatic imine (C=N–C) groups is 1. The van der Waals surface area contributed by atoms with Crippen molar-refractivity contribution in [2.75, 3.05) is 13.7 Å². The lowest BCUT2D eigenvalue weighted by Gasteiger charge is -2.09. The monoisotopic (exact) mass is 399 g/mol. The molecule has 2 aromatic heterocycles. The topological polar surface area (TPSA) is 84.6 Å². The molecule has 0 atom stereocenters. The second kappa shape index (κ2) is 9.36. The Kier molecular flexibility index (Phi) is 6.65. The molecule has 2 N–H and O–H groups in total. The van der Waals surface area contributed by atoms with Gasteiger partial charge in [0.25, 0.3) is 0 Å². The van der Waals surface area contributed by atoms with E-state index in [0.29, 0.717) is 24.9 Å². The first-order valence-corrected chi connectivity index (χ1v) is 10.0. The first-order valence-electron chi connectivity index (χ1n) is 9.13. The summed E-state index contributed by atoms with van der Waals surface area (Å²) in [7, 11) is 1.66. The normalized spacial score (nSPS) is 11.5. The van der Waals surface area contributed by atoms with Crippen LogP contribution in [-0.4, -0.2) is 29.6 Å². The molecule has 0 radical (unpaired) electrons. The van der Waals surface area contributed by atoms with Gasteiger partial charge in [-0.05, 0) is 45.0 Å². The molecular weight excluding hydrogens is 374 g/mol. The van der Waals surface area contributed by atoms with Crippen LogP contribution in [0.15, 0.2) is 39.1 Å². The Morgan fingerprint density at radius 3 is 2.61 bits per heavy atom. The Morgan fingerprint density at radius 2 is 1.96 bits per heavy atom. The highest BCUT2D eigenvalue weighted by molar-refractivity contribution is 7.13. The third kappa shape index (κ3) is 5.10. The molecule has 148 valence electrons. The van der Waals surface area contributed by atoms with Gasteiger partial charge in [-0.15, -0.1) is 11.3 Å². The zero-order valence-corrected chi connectivity index (χ0v) is 17.4. The van der Waals surface area contributed by atoms with E-state index < -0.39 is 0 Å². The summed E-state index contributed by atoms with van der Waals surface area (Å²) < 4.78 is 10.8. The molecule has 1 aromatic carbocycles. The van der Waals surface area contributed by atoms with Crippen LogP contribution in [0.2, 0.25) is 0 Å². The van der Waals surface area contributed by atoms with Crippen molar-refractivity contribution in [2.24, 2.45) is 4.99 Å². The van der Waals surface area contributed by atoms with Crippen LogP contribution in [0.4, 0.5) is 0 Å². The minimum absolute atomic E-state index is 0.481. The molecule has 0 aliphatic carbocycles. The van der Waals surface area contributed by atoms with Gasteiger partial charge in [-0.25, -0.2) is 15.0 Å². The van der Waals surface area contributed by atoms with Gasteiger partial charge in [0.2, 0.25) is 5.89 Å². The van der Waals surface area contributed by atoms with Gasteiger partial charge in [0, 0.05) is 17.5 Å². The zero-order chi connectivity index (χ0) is 19.9. The van der Waals surface area contributed by atoms with Gasteiger partial charge in [0.05, 0.1) is 31.6 Å². The van der Waals surface area contributed by atoms with E-state index in [2.05, 4.69) is 25.6 Å². The number of rotatable bonds is 7. The van der Waals surface area contributed by atoms with E-state index in [-0.39, 0.29) is 0 Å². The molecule has 0 aliphatic heterocycles. The standard InChI is InChI=1S/C20H25N5O2S/c1-5-21-20(23-11-18-24-13(2)14(3)27-18)22-10-16-12-28-19(25-16)15-6-8-17(26-4)9-7-15/h6-9,12H,5,10-11H2,1-4H3,(H2,21,22,23). The number of guanidine groups is 1. The van der Waals surface area contributed by atoms with E-state index in [1.54, 1.807) is 18.4 Å². The quantitative estimate of drug-likeness (QED) is 0.466. The maximum Gasteiger partial charge on any atom is 0.214 e. The van der Waals surface area contributed by atoms with E-state index in [9.17, 15) is 0 Å². The number of nitrogens with one attached hydrogen (secondary N) is 2. The lowest BCUT2D eigenvalue weighted by atomic mass is 10.2. The fourth-order valence-electron chi connectivity index (χ4n) is 2.52. The predicted octanol–water partition coefficient (Wildman–Crippen LogP) is 3.68. The smallest absolute Gasteiger partial charge is 0.214 e. The van der Waals surface area contributed by atoms with Gasteiger partial charge in [0.15, 0.2) is 5.96 Å². The summed E-state index contributed by atoms with van der Waals surface area (Å²) in [6.45, 7) is 7.61. The van der Waals surface area contributed by atoms with Crippen molar-refractivity contribution >= 4 is 17.3 Å². The Balaban J connectivity index is 1.63. The van der Waals surface area contributed by atoms with E-state index in [0.717, 1.165) is 40.0 Å². The minimum atomic E-state index is 0.481. The van der Waals surface area contributed by atoms with E-state index >= 15 is 0 Å². The van der Waals surface area contributed by atoms with Crippen molar-refractivity contribution in [1.29, 1.82) is 0 Å². The van der Waals surface area contributed by atoms with Crippen LogP contribution in [0.3, 0.4) is 0 Å². The zero-order valence-electron chi connectivity index (χ0n) is 16.6. The summed E-state index contributed by atoms with van der Waals surface area (Å²) in [5.74, 6) is 3.03. The molecule has 0 fully saturated rings. The number of nitrogens with zero attached hydrogens (tertiary/aromatic N) is 3. The third-order valence-electron chi connectivity index (χ3n) is 4.11. The van der Waals surface area contributed by atoms with Crippen molar-refractivity contribution in [2.45, 2.75) is 33.9 Å². The number of aryl methyl sites for hydroxylation is 2. The third-order valence-corrected chi connectivity index (χ3v) is 5.05. The molecule has 7 nitrogen and oxygen atoms in total. The molecule has 8 heteroatoms. The molecule has 0 aliphatic rings. The Morgan fingerprint density at radius 1 is 1.18 bits per heavy atom. The lowest BCUT2D eigenvalue weighted by Crippen LogP contribution is -2.36. The van der Waals surface area contributed by atoms with Gasteiger partial charge in [0.1, 0.15) is 16.5 Å². The Labute approximate surface area is 168 Å². The minimum Gasteiger partial charge on any atom is -0.497 e. The fraction of sp³-hybridized carbons (Fsp3) is 0.350. The fourth-order valence-corrected chi connectivity index (χ4v) is 3.34. The van der Waals surface area contributed by atoms with Crippen LogP contribution >= 0.6 is 11.3 Å². The van der Waals surface area contributed by atoms with Gasteiger partial charge < -0.3 is 19.8 Å². The molecule has 0 bridgehead atoms. The molecular formula is C20H25N5O2S. The molecule has 0 saturated carbocycles. The van der Waals surface area contributed by atoms with Crippen LogP contribution < -0.4 is 15.4 Å². The predicted molar refractivity (Wildman–Crippen MR) is 112 cm³/mol. The molecule has 28 heavy (non-hydrogen) atoms. The highest BCUT2D eigenvalue weighted by Crippen LogP contribution is 2.25. The molecule has 0 unspecified atom stereocenters. The maximum atomic E-state index is 5.60. The van der Waals surface area contributed by atoms with Crippen molar-refractivity contribution < 1.29 is 9.15 Å². The summed E-state index contributed by atoms with van der Waals surface area (Å²) in [5, 5.41) is 9.47. The summed E-state index contributed by atoms with van der Waals surface area (Å²) in [6, 6.07) is 7.90. The molecule has 0 saturated heterocycles. The highest BCUT2D eigenvalue weighted by atomic mass is 32.1. The maximum absolute atomic E-state index is 5.60. The number of hydrogen-bond donors (Lipinski definition) is 2. The average Bonchev–Trinajstić information content (AvgIpc) is 3.31. The molecule has 3 rings (SSSR count). The van der Waals surface area contributed by atoms with Crippen LogP contribution in [0.5, 0.6) is 5.75 Å². The first kappa shape index (κ1) is 19.9. The van der Waals surface area contributed by atoms with Gasteiger partial charge in [-0.1, -0.05) is 0 Å². The average molecular weight is 400 g/mol. The second-order valence-electron chi connectivity index (χ2n) is 6.17. The SMILES string of the molecule is CCNC(=NCc1csc(-c2ccc(OC)cc2)n1)NCc1nc(C)c(C)o1. The molecule has 0 spiro atoms. The van der Waals surface area contributed by atoms with Crippen molar-refractivity contribution in [3.63, 3.8) is 0 Å².